The van der Waals surface area contributed by atoms with Crippen molar-refractivity contribution in [3.63, 3.8) is 0 Å². The number of rotatable bonds is 9. The molecule has 1 rings (SSSR count). The highest BCUT2D eigenvalue weighted by Crippen LogP contribution is 2.20. The predicted molar refractivity (Wildman–Crippen MR) is 80.9 cm³/mol. The van der Waals surface area contributed by atoms with Crippen molar-refractivity contribution in [3.8, 4) is 5.75 Å². The molecule has 7 nitrogen and oxygen atoms in total. The van der Waals surface area contributed by atoms with Crippen LogP contribution in [0.1, 0.15) is 15.9 Å². The fourth-order valence-corrected chi connectivity index (χ4v) is 1.77. The summed E-state index contributed by atoms with van der Waals surface area (Å²) in [7, 11) is 4.39. The normalized spacial score (nSPS) is 10.1. The predicted octanol–water partition coefficient (Wildman–Crippen LogP) is 0.334. The number of esters is 1. The van der Waals surface area contributed by atoms with Crippen molar-refractivity contribution >= 4 is 11.9 Å². The number of carbonyl (C=O) groups is 2. The van der Waals surface area contributed by atoms with Gasteiger partial charge in [0.05, 0.1) is 27.4 Å². The van der Waals surface area contributed by atoms with Crippen LogP contribution < -0.4 is 15.4 Å². The van der Waals surface area contributed by atoms with E-state index < -0.39 is 5.97 Å². The van der Waals surface area contributed by atoms with Gasteiger partial charge in [0.15, 0.2) is 0 Å². The minimum absolute atomic E-state index is 0.133. The third-order valence-corrected chi connectivity index (χ3v) is 2.93. The molecule has 0 saturated heterocycles. The van der Waals surface area contributed by atoms with Crippen LogP contribution in [0.4, 0.5) is 0 Å². The van der Waals surface area contributed by atoms with E-state index in [-0.39, 0.29) is 12.5 Å². The first-order valence-electron chi connectivity index (χ1n) is 6.84. The van der Waals surface area contributed by atoms with Crippen LogP contribution >= 0.6 is 0 Å². The van der Waals surface area contributed by atoms with Gasteiger partial charge in [0, 0.05) is 20.2 Å². The van der Waals surface area contributed by atoms with Gasteiger partial charge >= 0.3 is 5.97 Å². The standard InChI is InChI=1S/C15H22N2O5/c1-20-7-6-16-10-14(18)17-9-11-4-5-13(21-2)12(8-11)15(19)22-3/h4-5,8,16H,6-7,9-10H2,1-3H3,(H,17,18). The Bertz CT molecular complexity index is 505. The highest BCUT2D eigenvalue weighted by atomic mass is 16.5. The van der Waals surface area contributed by atoms with Gasteiger partial charge in [0.25, 0.3) is 0 Å². The second kappa shape index (κ2) is 9.75. The molecule has 0 aliphatic rings. The first kappa shape index (κ1) is 17.9. The molecule has 1 aromatic carbocycles. The molecule has 0 radical (unpaired) electrons. The molecule has 1 aromatic rings. The van der Waals surface area contributed by atoms with Crippen LogP contribution in [0.3, 0.4) is 0 Å². The van der Waals surface area contributed by atoms with Crippen molar-refractivity contribution < 1.29 is 23.8 Å². The van der Waals surface area contributed by atoms with E-state index in [0.717, 1.165) is 5.56 Å². The molecule has 0 fully saturated rings. The van der Waals surface area contributed by atoms with E-state index in [4.69, 9.17) is 14.2 Å². The Morgan fingerprint density at radius 1 is 1.18 bits per heavy atom. The summed E-state index contributed by atoms with van der Waals surface area (Å²) in [5.41, 5.74) is 1.11. The van der Waals surface area contributed by atoms with Crippen LogP contribution in [-0.4, -0.2) is 52.9 Å². The molecule has 0 aliphatic carbocycles. The van der Waals surface area contributed by atoms with Crippen LogP contribution in [0.5, 0.6) is 5.75 Å². The number of hydrogen-bond acceptors (Lipinski definition) is 6. The van der Waals surface area contributed by atoms with Gasteiger partial charge in [-0.2, -0.15) is 0 Å². The van der Waals surface area contributed by atoms with Gasteiger partial charge in [-0.3, -0.25) is 4.79 Å². The fraction of sp³-hybridized carbons (Fsp3) is 0.467. The van der Waals surface area contributed by atoms with Gasteiger partial charge in [0.2, 0.25) is 5.91 Å². The quantitative estimate of drug-likeness (QED) is 0.505. The van der Waals surface area contributed by atoms with Gasteiger partial charge in [0.1, 0.15) is 11.3 Å². The molecular formula is C15H22N2O5. The van der Waals surface area contributed by atoms with Crippen LogP contribution in [0.2, 0.25) is 0 Å². The topological polar surface area (TPSA) is 85.9 Å². The molecule has 0 unspecified atom stereocenters. The van der Waals surface area contributed by atoms with Gasteiger partial charge in [-0.1, -0.05) is 6.07 Å². The monoisotopic (exact) mass is 310 g/mol. The lowest BCUT2D eigenvalue weighted by Gasteiger charge is -2.10. The number of nitrogens with one attached hydrogen (secondary N) is 2. The summed E-state index contributed by atoms with van der Waals surface area (Å²) in [6.45, 7) is 1.69. The highest BCUT2D eigenvalue weighted by molar-refractivity contribution is 5.92. The lowest BCUT2D eigenvalue weighted by molar-refractivity contribution is -0.120. The summed E-state index contributed by atoms with van der Waals surface area (Å²) in [5.74, 6) is -0.180. The van der Waals surface area contributed by atoms with E-state index in [2.05, 4.69) is 10.6 Å². The zero-order valence-electron chi connectivity index (χ0n) is 13.1. The van der Waals surface area contributed by atoms with Gasteiger partial charge in [-0.15, -0.1) is 0 Å². The summed E-state index contributed by atoms with van der Waals surface area (Å²) in [6.07, 6.45) is 0. The minimum Gasteiger partial charge on any atom is -0.496 e. The van der Waals surface area contributed by atoms with Crippen LogP contribution in [-0.2, 0) is 20.8 Å². The molecular weight excluding hydrogens is 288 g/mol. The highest BCUT2D eigenvalue weighted by Gasteiger charge is 2.13. The van der Waals surface area contributed by atoms with Crippen LogP contribution in [0, 0.1) is 0 Å². The Kier molecular flexibility index (Phi) is 7.95. The molecule has 22 heavy (non-hydrogen) atoms. The molecule has 0 aliphatic heterocycles. The average molecular weight is 310 g/mol. The Labute approximate surface area is 129 Å². The maximum Gasteiger partial charge on any atom is 0.341 e. The Hall–Kier alpha value is -2.12. The van der Waals surface area contributed by atoms with Crippen LogP contribution in [0.15, 0.2) is 18.2 Å². The maximum atomic E-state index is 11.7. The second-order valence-electron chi connectivity index (χ2n) is 4.47. The molecule has 7 heteroatoms. The van der Waals surface area contributed by atoms with Crippen molar-refractivity contribution in [3.05, 3.63) is 29.3 Å². The second-order valence-corrected chi connectivity index (χ2v) is 4.47. The van der Waals surface area contributed by atoms with Crippen LogP contribution in [0.25, 0.3) is 0 Å². The number of hydrogen-bond donors (Lipinski definition) is 2. The molecule has 0 aromatic heterocycles. The number of ether oxygens (including phenoxy) is 3. The van der Waals surface area contributed by atoms with E-state index in [1.807, 2.05) is 0 Å². The molecule has 0 spiro atoms. The van der Waals surface area contributed by atoms with Gasteiger partial charge < -0.3 is 24.8 Å². The molecule has 0 bridgehead atoms. The third-order valence-electron chi connectivity index (χ3n) is 2.93. The lowest BCUT2D eigenvalue weighted by atomic mass is 10.1. The largest absolute Gasteiger partial charge is 0.496 e. The average Bonchev–Trinajstić information content (AvgIpc) is 2.55. The molecule has 0 saturated carbocycles. The van der Waals surface area contributed by atoms with E-state index in [9.17, 15) is 9.59 Å². The van der Waals surface area contributed by atoms with E-state index in [0.29, 0.717) is 31.0 Å². The van der Waals surface area contributed by atoms with Crippen molar-refractivity contribution in [2.75, 3.05) is 41.0 Å². The summed E-state index contributed by atoms with van der Waals surface area (Å²) < 4.78 is 14.7. The first-order chi connectivity index (χ1) is 10.6. The molecule has 1 amide bonds. The zero-order chi connectivity index (χ0) is 16.4. The fourth-order valence-electron chi connectivity index (χ4n) is 1.77. The Morgan fingerprint density at radius 2 is 1.95 bits per heavy atom. The van der Waals surface area contributed by atoms with Crippen molar-refractivity contribution in [2.24, 2.45) is 0 Å². The SMILES string of the molecule is COCCNCC(=O)NCc1ccc(OC)c(C(=O)OC)c1. The van der Waals surface area contributed by atoms with Crippen molar-refractivity contribution in [1.29, 1.82) is 0 Å². The first-order valence-corrected chi connectivity index (χ1v) is 6.84. The summed E-state index contributed by atoms with van der Waals surface area (Å²) >= 11 is 0. The molecule has 0 heterocycles. The number of amides is 1. The summed E-state index contributed by atoms with van der Waals surface area (Å²) in [6, 6.07) is 5.10. The van der Waals surface area contributed by atoms with Crippen molar-refractivity contribution in [1.82, 2.24) is 10.6 Å². The van der Waals surface area contributed by atoms with E-state index >= 15 is 0 Å². The Morgan fingerprint density at radius 3 is 2.59 bits per heavy atom. The van der Waals surface area contributed by atoms with Gasteiger partial charge in [-0.05, 0) is 17.7 Å². The summed E-state index contributed by atoms with van der Waals surface area (Å²) in [4.78, 5) is 23.3. The number of carbonyl (C=O) groups excluding carboxylic acids is 2. The smallest absolute Gasteiger partial charge is 0.341 e. The third kappa shape index (κ3) is 5.71. The van der Waals surface area contributed by atoms with Crippen molar-refractivity contribution in [2.45, 2.75) is 6.54 Å². The van der Waals surface area contributed by atoms with E-state index in [1.165, 1.54) is 14.2 Å². The lowest BCUT2D eigenvalue weighted by Crippen LogP contribution is -2.34. The minimum atomic E-state index is -0.480. The molecule has 0 atom stereocenters. The molecule has 2 N–H and O–H groups in total. The summed E-state index contributed by atoms with van der Waals surface area (Å²) in [5, 5.41) is 5.71. The number of benzene rings is 1. The molecule has 122 valence electrons. The maximum absolute atomic E-state index is 11.7. The Balaban J connectivity index is 2.55. The zero-order valence-corrected chi connectivity index (χ0v) is 13.1. The van der Waals surface area contributed by atoms with E-state index in [1.54, 1.807) is 25.3 Å². The number of methoxy groups -OCH3 is 3. The van der Waals surface area contributed by atoms with Gasteiger partial charge in [-0.25, -0.2) is 4.79 Å².